The molecule has 178 valence electrons. The number of carbonyl (C=O) groups excluding carboxylic acids is 1. The molecular formula is C25H38N2O4S. The molecule has 1 atom stereocenters. The van der Waals surface area contributed by atoms with Gasteiger partial charge in [-0.3, -0.25) is 0 Å². The second-order valence-electron chi connectivity index (χ2n) is 8.96. The van der Waals surface area contributed by atoms with Gasteiger partial charge in [0.25, 0.3) is 0 Å². The maximum absolute atomic E-state index is 12.8. The van der Waals surface area contributed by atoms with Crippen LogP contribution in [-0.2, 0) is 15.7 Å². The summed E-state index contributed by atoms with van der Waals surface area (Å²) < 4.78 is 19.8. The van der Waals surface area contributed by atoms with E-state index in [9.17, 15) is 14.1 Å². The number of rotatable bonds is 8. The molecule has 1 amide bonds. The summed E-state index contributed by atoms with van der Waals surface area (Å²) in [6.07, 6.45) is 0.220. The van der Waals surface area contributed by atoms with Crippen LogP contribution in [0.2, 0.25) is 0 Å². The zero-order valence-electron chi connectivity index (χ0n) is 20.1. The maximum atomic E-state index is 12.8. The van der Waals surface area contributed by atoms with E-state index in [2.05, 4.69) is 38.2 Å². The smallest absolute Gasteiger partial charge is 0.407 e. The van der Waals surface area contributed by atoms with Gasteiger partial charge in [0.1, 0.15) is 22.3 Å². The fourth-order valence-electron chi connectivity index (χ4n) is 2.66. The fourth-order valence-corrected chi connectivity index (χ4v) is 4.05. The highest BCUT2D eigenvalue weighted by atomic mass is 32.2. The van der Waals surface area contributed by atoms with Crippen LogP contribution in [0.1, 0.15) is 46.6 Å². The van der Waals surface area contributed by atoms with Crippen LogP contribution in [0.5, 0.6) is 5.75 Å². The van der Waals surface area contributed by atoms with Crippen molar-refractivity contribution in [1.82, 2.24) is 9.62 Å². The molecule has 0 aliphatic rings. The van der Waals surface area contributed by atoms with E-state index in [0.29, 0.717) is 36.9 Å². The molecule has 0 aliphatic heterocycles. The number of hydrogen-bond acceptors (Lipinski definition) is 4. The Morgan fingerprint density at radius 2 is 1.69 bits per heavy atom. The van der Waals surface area contributed by atoms with Gasteiger partial charge in [-0.05, 0) is 64.3 Å². The summed E-state index contributed by atoms with van der Waals surface area (Å²) in [4.78, 5) is 12.3. The molecule has 7 heteroatoms. The molecule has 2 aromatic carbocycles. The predicted molar refractivity (Wildman–Crippen MR) is 131 cm³/mol. The SMILES string of the molecule is CC(C)CN(CCCNC(=O)OC(C)(C)C)S(=O)c1ccc(O)cc1.Cc1ccccc1. The predicted octanol–water partition coefficient (Wildman–Crippen LogP) is 5.28. The number of benzene rings is 2. The van der Waals surface area contributed by atoms with Crippen molar-refractivity contribution in [3.05, 3.63) is 60.2 Å². The molecular weight excluding hydrogens is 424 g/mol. The zero-order valence-corrected chi connectivity index (χ0v) is 20.9. The van der Waals surface area contributed by atoms with E-state index >= 15 is 0 Å². The summed E-state index contributed by atoms with van der Waals surface area (Å²) in [5.41, 5.74) is 0.802. The molecule has 6 nitrogen and oxygen atoms in total. The standard InChI is InChI=1S/C18H30N2O4S.C7H8/c1-14(2)13-20(25(23)16-9-7-15(21)8-10-16)12-6-11-19-17(22)24-18(3,4)5;1-7-5-3-2-4-6-7/h7-10,14,21H,6,11-13H2,1-5H3,(H,19,22);2-6H,1H3. The highest BCUT2D eigenvalue weighted by Crippen LogP contribution is 2.17. The van der Waals surface area contributed by atoms with Gasteiger partial charge in [0.05, 0.1) is 4.90 Å². The number of phenolic OH excluding ortho intramolecular Hbond substituents is 1. The van der Waals surface area contributed by atoms with E-state index < -0.39 is 22.7 Å². The summed E-state index contributed by atoms with van der Waals surface area (Å²) in [6.45, 7) is 13.4. The molecule has 32 heavy (non-hydrogen) atoms. The minimum atomic E-state index is -1.30. The van der Waals surface area contributed by atoms with Gasteiger partial charge in [-0.25, -0.2) is 13.3 Å². The first-order valence-electron chi connectivity index (χ1n) is 10.9. The number of alkyl carbamates (subject to hydrolysis) is 1. The molecule has 0 bridgehead atoms. The zero-order chi connectivity index (χ0) is 24.1. The Kier molecular flexibility index (Phi) is 12.0. The quantitative estimate of drug-likeness (QED) is 0.523. The van der Waals surface area contributed by atoms with Gasteiger partial charge in [0, 0.05) is 19.6 Å². The molecule has 0 aromatic heterocycles. The van der Waals surface area contributed by atoms with Crippen LogP contribution in [-0.4, -0.2) is 44.9 Å². The van der Waals surface area contributed by atoms with Crippen LogP contribution < -0.4 is 5.32 Å². The highest BCUT2D eigenvalue weighted by Gasteiger charge is 2.18. The van der Waals surface area contributed by atoms with Crippen LogP contribution in [0.25, 0.3) is 0 Å². The largest absolute Gasteiger partial charge is 0.508 e. The average Bonchev–Trinajstić information content (AvgIpc) is 2.70. The van der Waals surface area contributed by atoms with Crippen LogP contribution >= 0.6 is 0 Å². The number of phenols is 1. The Bertz CT molecular complexity index is 818. The monoisotopic (exact) mass is 462 g/mol. The number of hydrogen-bond donors (Lipinski definition) is 2. The molecule has 2 N–H and O–H groups in total. The topological polar surface area (TPSA) is 78.9 Å². The van der Waals surface area contributed by atoms with Crippen molar-refractivity contribution in [2.24, 2.45) is 5.92 Å². The Labute approximate surface area is 195 Å². The van der Waals surface area contributed by atoms with E-state index in [4.69, 9.17) is 4.74 Å². The van der Waals surface area contributed by atoms with Crippen LogP contribution in [0.4, 0.5) is 4.79 Å². The third kappa shape index (κ3) is 12.5. The third-order valence-corrected chi connectivity index (χ3v) is 5.51. The van der Waals surface area contributed by atoms with Crippen molar-refractivity contribution in [3.8, 4) is 5.75 Å². The lowest BCUT2D eigenvalue weighted by atomic mass is 10.2. The van der Waals surface area contributed by atoms with Crippen LogP contribution in [0.15, 0.2) is 59.5 Å². The highest BCUT2D eigenvalue weighted by molar-refractivity contribution is 7.82. The summed E-state index contributed by atoms with van der Waals surface area (Å²) in [6, 6.07) is 16.7. The summed E-state index contributed by atoms with van der Waals surface area (Å²) in [7, 11) is -1.30. The number of nitrogens with zero attached hydrogens (tertiary/aromatic N) is 1. The lowest BCUT2D eigenvalue weighted by molar-refractivity contribution is 0.0526. The van der Waals surface area contributed by atoms with E-state index in [-0.39, 0.29) is 5.75 Å². The normalized spacial score (nSPS) is 12.1. The lowest BCUT2D eigenvalue weighted by Crippen LogP contribution is -2.36. The Morgan fingerprint density at radius 1 is 1.09 bits per heavy atom. The van der Waals surface area contributed by atoms with E-state index in [1.54, 1.807) is 12.1 Å². The van der Waals surface area contributed by atoms with Crippen molar-refractivity contribution in [3.63, 3.8) is 0 Å². The molecule has 0 saturated heterocycles. The van der Waals surface area contributed by atoms with Gasteiger partial charge in [-0.1, -0.05) is 49.7 Å². The van der Waals surface area contributed by atoms with E-state index in [1.165, 1.54) is 17.7 Å². The number of carbonyl (C=O) groups is 1. The van der Waals surface area contributed by atoms with E-state index in [0.717, 1.165) is 0 Å². The van der Waals surface area contributed by atoms with Crippen molar-refractivity contribution < 1.29 is 18.8 Å². The second kappa shape index (κ2) is 13.9. The van der Waals surface area contributed by atoms with Crippen LogP contribution in [0, 0.1) is 12.8 Å². The second-order valence-corrected chi connectivity index (χ2v) is 10.4. The van der Waals surface area contributed by atoms with Crippen molar-refractivity contribution in [1.29, 1.82) is 0 Å². The Morgan fingerprint density at radius 3 is 2.16 bits per heavy atom. The molecule has 0 saturated carbocycles. The van der Waals surface area contributed by atoms with Gasteiger partial charge >= 0.3 is 6.09 Å². The first-order valence-corrected chi connectivity index (χ1v) is 12.0. The summed E-state index contributed by atoms with van der Waals surface area (Å²) in [5.74, 6) is 0.512. The first-order chi connectivity index (χ1) is 15.0. The van der Waals surface area contributed by atoms with Crippen molar-refractivity contribution >= 4 is 17.1 Å². The fraction of sp³-hybridized carbons (Fsp3) is 0.480. The number of nitrogens with one attached hydrogen (secondary N) is 1. The molecule has 0 aliphatic carbocycles. The molecule has 1 unspecified atom stereocenters. The third-order valence-electron chi connectivity index (χ3n) is 4.03. The van der Waals surface area contributed by atoms with Gasteiger partial charge in [0.15, 0.2) is 0 Å². The first kappa shape index (κ1) is 27.7. The van der Waals surface area contributed by atoms with Crippen molar-refractivity contribution in [2.75, 3.05) is 19.6 Å². The maximum Gasteiger partial charge on any atom is 0.407 e. The average molecular weight is 463 g/mol. The van der Waals surface area contributed by atoms with Gasteiger partial charge in [-0.15, -0.1) is 0 Å². The molecule has 0 radical (unpaired) electrons. The van der Waals surface area contributed by atoms with E-state index in [1.807, 2.05) is 43.3 Å². The minimum absolute atomic E-state index is 0.151. The molecule has 0 spiro atoms. The molecule has 0 heterocycles. The molecule has 0 fully saturated rings. The van der Waals surface area contributed by atoms with Crippen molar-refractivity contribution in [2.45, 2.75) is 58.5 Å². The molecule has 2 aromatic rings. The number of ether oxygens (including phenoxy) is 1. The van der Waals surface area contributed by atoms with Gasteiger partial charge < -0.3 is 15.2 Å². The van der Waals surface area contributed by atoms with Gasteiger partial charge in [-0.2, -0.15) is 0 Å². The van der Waals surface area contributed by atoms with Crippen LogP contribution in [0.3, 0.4) is 0 Å². The number of aryl methyl sites for hydroxylation is 1. The number of amides is 1. The summed E-state index contributed by atoms with van der Waals surface area (Å²) >= 11 is 0. The Hall–Kier alpha value is -2.38. The lowest BCUT2D eigenvalue weighted by Gasteiger charge is -2.23. The Balaban J connectivity index is 0.000000616. The summed E-state index contributed by atoms with van der Waals surface area (Å²) in [5, 5.41) is 12.1. The minimum Gasteiger partial charge on any atom is -0.508 e. The van der Waals surface area contributed by atoms with Gasteiger partial charge in [0.2, 0.25) is 0 Å². The molecule has 2 rings (SSSR count). The number of aromatic hydroxyl groups is 1.